The number of rotatable bonds is 3. The molecule has 1 aromatic rings. The number of hydrogen-bond donors (Lipinski definition) is 1. The van der Waals surface area contributed by atoms with Crippen molar-refractivity contribution in [3.05, 3.63) is 46.8 Å². The van der Waals surface area contributed by atoms with E-state index in [9.17, 15) is 17.6 Å². The van der Waals surface area contributed by atoms with Crippen LogP contribution in [0.25, 0.3) is 0 Å². The zero-order valence-corrected chi connectivity index (χ0v) is 13.2. The molecule has 0 spiro atoms. The van der Waals surface area contributed by atoms with Gasteiger partial charge in [0.25, 0.3) is 0 Å². The average molecular weight is 359 g/mol. The smallest absolute Gasteiger partial charge is 0.314 e. The number of nitrogens with zero attached hydrogens (tertiary/aromatic N) is 1. The standard InChI is InChI=1S/C14H15ClF4N2.ClH/c1-2-12(21-5-3-20-4-6-21)10-7-9(14(17,18)19)8-11(15)13(10)16;/h2,7-8,12,20H,1,3-6H2;1H/t12-;/m1./s1. The summed E-state index contributed by atoms with van der Waals surface area (Å²) >= 11 is 5.62. The maximum Gasteiger partial charge on any atom is 0.416 e. The van der Waals surface area contributed by atoms with Gasteiger partial charge in [-0.1, -0.05) is 17.7 Å². The quantitative estimate of drug-likeness (QED) is 0.647. The molecule has 0 bridgehead atoms. The predicted octanol–water partition coefficient (Wildman–Crippen LogP) is 4.05. The van der Waals surface area contributed by atoms with Crippen LogP contribution in [0.2, 0.25) is 5.02 Å². The SMILES string of the molecule is C=C[C@H](c1cc(C(F)(F)F)cc(Cl)c1F)N1CCNCC1.Cl. The minimum Gasteiger partial charge on any atom is -0.314 e. The minimum atomic E-state index is -4.57. The molecule has 0 unspecified atom stereocenters. The van der Waals surface area contributed by atoms with Gasteiger partial charge in [0.1, 0.15) is 5.82 Å². The highest BCUT2D eigenvalue weighted by molar-refractivity contribution is 6.30. The lowest BCUT2D eigenvalue weighted by Gasteiger charge is -2.34. The Labute approximate surface area is 137 Å². The molecule has 1 N–H and O–H groups in total. The Morgan fingerprint density at radius 1 is 1.27 bits per heavy atom. The van der Waals surface area contributed by atoms with E-state index in [-0.39, 0.29) is 18.0 Å². The Hall–Kier alpha value is -0.820. The largest absolute Gasteiger partial charge is 0.416 e. The monoisotopic (exact) mass is 358 g/mol. The molecule has 1 heterocycles. The summed E-state index contributed by atoms with van der Waals surface area (Å²) < 4.78 is 52.7. The molecule has 22 heavy (non-hydrogen) atoms. The van der Waals surface area contributed by atoms with Crippen molar-refractivity contribution in [3.63, 3.8) is 0 Å². The molecule has 2 nitrogen and oxygen atoms in total. The van der Waals surface area contributed by atoms with Crippen LogP contribution in [0.4, 0.5) is 17.6 Å². The molecular formula is C14H16Cl2F4N2. The van der Waals surface area contributed by atoms with Gasteiger partial charge in [0.05, 0.1) is 16.6 Å². The fourth-order valence-corrected chi connectivity index (χ4v) is 2.65. The van der Waals surface area contributed by atoms with Crippen LogP contribution < -0.4 is 5.32 Å². The van der Waals surface area contributed by atoms with Crippen LogP contribution in [0, 0.1) is 5.82 Å². The first-order chi connectivity index (χ1) is 9.84. The van der Waals surface area contributed by atoms with Crippen LogP contribution >= 0.6 is 24.0 Å². The Kier molecular flexibility index (Phi) is 6.67. The first kappa shape index (κ1) is 19.2. The second-order valence-electron chi connectivity index (χ2n) is 4.83. The van der Waals surface area contributed by atoms with Gasteiger partial charge >= 0.3 is 6.18 Å². The molecule has 1 atom stereocenters. The van der Waals surface area contributed by atoms with Crippen LogP contribution in [-0.2, 0) is 6.18 Å². The van der Waals surface area contributed by atoms with E-state index in [1.54, 1.807) is 0 Å². The van der Waals surface area contributed by atoms with Crippen LogP contribution in [-0.4, -0.2) is 31.1 Å². The molecule has 1 saturated heterocycles. The van der Waals surface area contributed by atoms with Gasteiger partial charge in [0.15, 0.2) is 0 Å². The zero-order chi connectivity index (χ0) is 15.6. The van der Waals surface area contributed by atoms with Gasteiger partial charge < -0.3 is 5.32 Å². The van der Waals surface area contributed by atoms with Crippen molar-refractivity contribution in [2.75, 3.05) is 26.2 Å². The second kappa shape index (κ2) is 7.64. The normalized spacial score (nSPS) is 17.7. The molecule has 1 aromatic carbocycles. The summed E-state index contributed by atoms with van der Waals surface area (Å²) in [6, 6.07) is 0.792. The van der Waals surface area contributed by atoms with Gasteiger partial charge in [-0.2, -0.15) is 13.2 Å². The summed E-state index contributed by atoms with van der Waals surface area (Å²) in [6.45, 7) is 6.21. The van der Waals surface area contributed by atoms with Gasteiger partial charge in [-0.15, -0.1) is 19.0 Å². The second-order valence-corrected chi connectivity index (χ2v) is 5.23. The molecule has 0 radical (unpaired) electrons. The topological polar surface area (TPSA) is 15.3 Å². The summed E-state index contributed by atoms with van der Waals surface area (Å²) in [4.78, 5) is 1.87. The lowest BCUT2D eigenvalue weighted by atomic mass is 10.0. The number of benzene rings is 1. The van der Waals surface area contributed by atoms with Gasteiger partial charge in [-0.3, -0.25) is 4.90 Å². The van der Waals surface area contributed by atoms with E-state index in [0.717, 1.165) is 6.07 Å². The van der Waals surface area contributed by atoms with E-state index >= 15 is 0 Å². The fraction of sp³-hybridized carbons (Fsp3) is 0.429. The number of hydrogen-bond acceptors (Lipinski definition) is 2. The number of nitrogens with one attached hydrogen (secondary N) is 1. The van der Waals surface area contributed by atoms with E-state index in [0.29, 0.717) is 32.2 Å². The molecule has 0 aliphatic carbocycles. The van der Waals surface area contributed by atoms with Crippen molar-refractivity contribution >= 4 is 24.0 Å². The van der Waals surface area contributed by atoms with Crippen molar-refractivity contribution in [2.24, 2.45) is 0 Å². The number of alkyl halides is 3. The molecule has 0 amide bonds. The summed E-state index contributed by atoms with van der Waals surface area (Å²) in [5, 5.41) is 2.60. The van der Waals surface area contributed by atoms with Crippen molar-refractivity contribution in [1.29, 1.82) is 0 Å². The van der Waals surface area contributed by atoms with Gasteiger partial charge in [0.2, 0.25) is 0 Å². The van der Waals surface area contributed by atoms with Crippen LogP contribution in [0.5, 0.6) is 0 Å². The highest BCUT2D eigenvalue weighted by atomic mass is 35.5. The first-order valence-corrected chi connectivity index (χ1v) is 6.86. The maximum atomic E-state index is 14.2. The van der Waals surface area contributed by atoms with E-state index < -0.39 is 28.6 Å². The van der Waals surface area contributed by atoms with Crippen molar-refractivity contribution in [3.8, 4) is 0 Å². The fourth-order valence-electron chi connectivity index (χ4n) is 2.42. The lowest BCUT2D eigenvalue weighted by Crippen LogP contribution is -2.44. The minimum absolute atomic E-state index is 0. The Balaban J connectivity index is 0.00000242. The van der Waals surface area contributed by atoms with Gasteiger partial charge in [-0.25, -0.2) is 4.39 Å². The average Bonchev–Trinajstić information content (AvgIpc) is 2.44. The van der Waals surface area contributed by atoms with E-state index in [4.69, 9.17) is 11.6 Å². The predicted molar refractivity (Wildman–Crippen MR) is 81.0 cm³/mol. The highest BCUT2D eigenvalue weighted by Crippen LogP contribution is 2.36. The molecular weight excluding hydrogens is 343 g/mol. The lowest BCUT2D eigenvalue weighted by molar-refractivity contribution is -0.137. The van der Waals surface area contributed by atoms with E-state index in [1.165, 1.54) is 6.08 Å². The molecule has 124 valence electrons. The summed E-state index contributed by atoms with van der Waals surface area (Å²) in [7, 11) is 0. The third-order valence-corrected chi connectivity index (χ3v) is 3.75. The van der Waals surface area contributed by atoms with Crippen LogP contribution in [0.15, 0.2) is 24.8 Å². The zero-order valence-electron chi connectivity index (χ0n) is 11.6. The van der Waals surface area contributed by atoms with Crippen LogP contribution in [0.1, 0.15) is 17.2 Å². The van der Waals surface area contributed by atoms with Crippen molar-refractivity contribution in [2.45, 2.75) is 12.2 Å². The number of piperazine rings is 1. The maximum absolute atomic E-state index is 14.2. The molecule has 0 aromatic heterocycles. The van der Waals surface area contributed by atoms with E-state index in [1.807, 2.05) is 4.90 Å². The third kappa shape index (κ3) is 4.13. The van der Waals surface area contributed by atoms with Crippen molar-refractivity contribution in [1.82, 2.24) is 10.2 Å². The van der Waals surface area contributed by atoms with Crippen LogP contribution in [0.3, 0.4) is 0 Å². The first-order valence-electron chi connectivity index (χ1n) is 6.48. The Morgan fingerprint density at radius 3 is 2.36 bits per heavy atom. The van der Waals surface area contributed by atoms with Crippen molar-refractivity contribution < 1.29 is 17.6 Å². The molecule has 1 fully saturated rings. The van der Waals surface area contributed by atoms with E-state index in [2.05, 4.69) is 11.9 Å². The Morgan fingerprint density at radius 2 is 1.86 bits per heavy atom. The molecule has 2 rings (SSSR count). The molecule has 1 aliphatic rings. The molecule has 1 aliphatic heterocycles. The van der Waals surface area contributed by atoms with Gasteiger partial charge in [0, 0.05) is 31.7 Å². The third-order valence-electron chi connectivity index (χ3n) is 3.47. The van der Waals surface area contributed by atoms with Gasteiger partial charge in [-0.05, 0) is 12.1 Å². The number of halogens is 6. The summed E-state index contributed by atoms with van der Waals surface area (Å²) in [6.07, 6.45) is -3.12. The Bertz CT molecular complexity index is 528. The summed E-state index contributed by atoms with van der Waals surface area (Å²) in [5.74, 6) is -0.826. The highest BCUT2D eigenvalue weighted by Gasteiger charge is 2.34. The molecule has 0 saturated carbocycles. The summed E-state index contributed by atoms with van der Waals surface area (Å²) in [5.41, 5.74) is -1.04. The molecule has 8 heteroatoms.